The van der Waals surface area contributed by atoms with Crippen LogP contribution in [0, 0.1) is 0 Å². The molecular weight excluding hydrogens is 328 g/mol. The van der Waals surface area contributed by atoms with Gasteiger partial charge in [-0.2, -0.15) is 0 Å². The second-order valence-corrected chi connectivity index (χ2v) is 6.00. The first-order chi connectivity index (χ1) is 12.6. The van der Waals surface area contributed by atoms with E-state index in [0.717, 1.165) is 26.1 Å². The lowest BCUT2D eigenvalue weighted by atomic mass is 10.1. The Morgan fingerprint density at radius 2 is 1.77 bits per heavy atom. The van der Waals surface area contributed by atoms with Gasteiger partial charge in [0, 0.05) is 24.7 Å². The zero-order valence-corrected chi connectivity index (χ0v) is 15.6. The van der Waals surface area contributed by atoms with Gasteiger partial charge in [-0.1, -0.05) is 44.2 Å². The maximum atomic E-state index is 12.4. The van der Waals surface area contributed by atoms with Gasteiger partial charge in [-0.3, -0.25) is 0 Å². The highest BCUT2D eigenvalue weighted by atomic mass is 16.5. The fourth-order valence-electron chi connectivity index (χ4n) is 2.64. The number of esters is 1. The Balaban J connectivity index is 1.94. The molecule has 0 bridgehead atoms. The number of nitrogen functional groups attached to an aromatic ring is 1. The molecule has 0 aliphatic carbocycles. The number of hydrogen-bond acceptors (Lipinski definition) is 5. The SMILES string of the molecule is CCN(CC)CCOC(=O)c1ccc(N)cc1OCCc1ccccc1. The number of hydrogen-bond donors (Lipinski definition) is 1. The fourth-order valence-corrected chi connectivity index (χ4v) is 2.64. The molecule has 0 heterocycles. The first-order valence-corrected chi connectivity index (χ1v) is 9.09. The van der Waals surface area contributed by atoms with Crippen molar-refractivity contribution in [3.05, 3.63) is 59.7 Å². The monoisotopic (exact) mass is 356 g/mol. The summed E-state index contributed by atoms with van der Waals surface area (Å²) in [5, 5.41) is 0. The van der Waals surface area contributed by atoms with Gasteiger partial charge in [0.15, 0.2) is 0 Å². The average molecular weight is 356 g/mol. The molecule has 0 atom stereocenters. The van der Waals surface area contributed by atoms with E-state index in [0.29, 0.717) is 30.2 Å². The van der Waals surface area contributed by atoms with Crippen LogP contribution in [0.4, 0.5) is 5.69 Å². The first-order valence-electron chi connectivity index (χ1n) is 9.09. The largest absolute Gasteiger partial charge is 0.492 e. The van der Waals surface area contributed by atoms with Crippen LogP contribution in [0.1, 0.15) is 29.8 Å². The number of anilines is 1. The summed E-state index contributed by atoms with van der Waals surface area (Å²) in [5.74, 6) is 0.0839. The van der Waals surface area contributed by atoms with Gasteiger partial charge in [-0.15, -0.1) is 0 Å². The van der Waals surface area contributed by atoms with E-state index in [-0.39, 0.29) is 5.97 Å². The predicted octanol–water partition coefficient (Wildman–Crippen LogP) is 3.39. The van der Waals surface area contributed by atoms with E-state index >= 15 is 0 Å². The molecule has 26 heavy (non-hydrogen) atoms. The van der Waals surface area contributed by atoms with Crippen LogP contribution in [0.5, 0.6) is 5.75 Å². The standard InChI is InChI=1S/C21H28N2O3/c1-3-23(4-2)13-15-26-21(24)19-11-10-18(22)16-20(19)25-14-12-17-8-6-5-7-9-17/h5-11,16H,3-4,12-15,22H2,1-2H3. The Morgan fingerprint density at radius 1 is 1.04 bits per heavy atom. The van der Waals surface area contributed by atoms with E-state index in [1.807, 2.05) is 30.3 Å². The summed E-state index contributed by atoms with van der Waals surface area (Å²) >= 11 is 0. The number of nitrogens with zero attached hydrogens (tertiary/aromatic N) is 1. The third-order valence-corrected chi connectivity index (χ3v) is 4.25. The van der Waals surface area contributed by atoms with Crippen molar-refractivity contribution in [2.75, 3.05) is 38.6 Å². The number of nitrogens with two attached hydrogens (primary N) is 1. The summed E-state index contributed by atoms with van der Waals surface area (Å²) in [6, 6.07) is 15.1. The van der Waals surface area contributed by atoms with E-state index in [4.69, 9.17) is 15.2 Å². The topological polar surface area (TPSA) is 64.8 Å². The zero-order chi connectivity index (χ0) is 18.8. The molecule has 2 N–H and O–H groups in total. The number of carbonyl (C=O) groups is 1. The maximum Gasteiger partial charge on any atom is 0.341 e. The van der Waals surface area contributed by atoms with Crippen molar-refractivity contribution in [2.24, 2.45) is 0 Å². The minimum absolute atomic E-state index is 0.356. The van der Waals surface area contributed by atoms with Crippen molar-refractivity contribution in [2.45, 2.75) is 20.3 Å². The molecule has 0 saturated carbocycles. The maximum absolute atomic E-state index is 12.4. The van der Waals surface area contributed by atoms with Gasteiger partial charge in [0.1, 0.15) is 17.9 Å². The Morgan fingerprint density at radius 3 is 2.46 bits per heavy atom. The van der Waals surface area contributed by atoms with Crippen molar-refractivity contribution >= 4 is 11.7 Å². The highest BCUT2D eigenvalue weighted by Crippen LogP contribution is 2.23. The van der Waals surface area contributed by atoms with Crippen LogP contribution in [0.2, 0.25) is 0 Å². The molecule has 2 rings (SSSR count). The Hall–Kier alpha value is -2.53. The van der Waals surface area contributed by atoms with Gasteiger partial charge in [-0.05, 0) is 30.8 Å². The molecular formula is C21H28N2O3. The number of benzene rings is 2. The lowest BCUT2D eigenvalue weighted by molar-refractivity contribution is 0.0462. The van der Waals surface area contributed by atoms with Gasteiger partial charge in [0.05, 0.1) is 6.61 Å². The summed E-state index contributed by atoms with van der Waals surface area (Å²) in [5.41, 5.74) is 7.99. The quantitative estimate of drug-likeness (QED) is 0.522. The van der Waals surface area contributed by atoms with Crippen LogP contribution >= 0.6 is 0 Å². The van der Waals surface area contributed by atoms with E-state index in [1.54, 1.807) is 18.2 Å². The Bertz CT molecular complexity index is 685. The van der Waals surface area contributed by atoms with Crippen LogP contribution in [0.25, 0.3) is 0 Å². The number of rotatable bonds is 10. The van der Waals surface area contributed by atoms with Crippen molar-refractivity contribution in [1.82, 2.24) is 4.90 Å². The molecule has 5 heteroatoms. The Labute approximate surface area is 155 Å². The second kappa shape index (κ2) is 10.5. The number of carbonyl (C=O) groups excluding carboxylic acids is 1. The predicted molar refractivity (Wildman–Crippen MR) is 105 cm³/mol. The highest BCUT2D eigenvalue weighted by molar-refractivity contribution is 5.93. The minimum Gasteiger partial charge on any atom is -0.492 e. The third kappa shape index (κ3) is 6.08. The summed E-state index contributed by atoms with van der Waals surface area (Å²) < 4.78 is 11.2. The lowest BCUT2D eigenvalue weighted by Crippen LogP contribution is -2.28. The van der Waals surface area contributed by atoms with Gasteiger partial charge in [-0.25, -0.2) is 4.79 Å². The highest BCUT2D eigenvalue weighted by Gasteiger charge is 2.15. The molecule has 0 fully saturated rings. The van der Waals surface area contributed by atoms with Crippen molar-refractivity contribution in [3.63, 3.8) is 0 Å². The van der Waals surface area contributed by atoms with Gasteiger partial charge < -0.3 is 20.1 Å². The second-order valence-electron chi connectivity index (χ2n) is 6.00. The molecule has 2 aromatic carbocycles. The number of ether oxygens (including phenoxy) is 2. The van der Waals surface area contributed by atoms with E-state index < -0.39 is 0 Å². The van der Waals surface area contributed by atoms with Crippen molar-refractivity contribution in [3.8, 4) is 5.75 Å². The summed E-state index contributed by atoms with van der Waals surface area (Å²) in [4.78, 5) is 14.6. The number of likely N-dealkylation sites (N-methyl/N-ethyl adjacent to an activating group) is 1. The van der Waals surface area contributed by atoms with Crippen LogP contribution < -0.4 is 10.5 Å². The van der Waals surface area contributed by atoms with Crippen LogP contribution in [0.3, 0.4) is 0 Å². The molecule has 0 spiro atoms. The smallest absolute Gasteiger partial charge is 0.341 e. The molecule has 0 unspecified atom stereocenters. The molecule has 2 aromatic rings. The fraction of sp³-hybridized carbons (Fsp3) is 0.381. The molecule has 0 amide bonds. The minimum atomic E-state index is -0.383. The Kier molecular flexibility index (Phi) is 7.96. The van der Waals surface area contributed by atoms with Crippen molar-refractivity contribution in [1.29, 1.82) is 0 Å². The van der Waals surface area contributed by atoms with E-state index in [1.165, 1.54) is 5.56 Å². The molecule has 5 nitrogen and oxygen atoms in total. The summed E-state index contributed by atoms with van der Waals surface area (Å²) in [7, 11) is 0. The molecule has 0 saturated heterocycles. The van der Waals surface area contributed by atoms with Crippen molar-refractivity contribution < 1.29 is 14.3 Å². The summed E-state index contributed by atoms with van der Waals surface area (Å²) in [6.45, 7) is 7.58. The molecule has 0 aliphatic rings. The van der Waals surface area contributed by atoms with E-state index in [9.17, 15) is 4.79 Å². The normalized spacial score (nSPS) is 10.7. The molecule has 0 aliphatic heterocycles. The first kappa shape index (κ1) is 19.8. The van der Waals surface area contributed by atoms with Gasteiger partial charge >= 0.3 is 5.97 Å². The molecule has 140 valence electrons. The lowest BCUT2D eigenvalue weighted by Gasteiger charge is -2.18. The molecule has 0 aromatic heterocycles. The molecule has 0 radical (unpaired) electrons. The summed E-state index contributed by atoms with van der Waals surface area (Å²) in [6.07, 6.45) is 0.756. The van der Waals surface area contributed by atoms with Gasteiger partial charge in [0.25, 0.3) is 0 Å². The van der Waals surface area contributed by atoms with E-state index in [2.05, 4.69) is 18.7 Å². The average Bonchev–Trinajstić information content (AvgIpc) is 2.66. The van der Waals surface area contributed by atoms with Crippen LogP contribution in [-0.4, -0.2) is 43.7 Å². The zero-order valence-electron chi connectivity index (χ0n) is 15.6. The third-order valence-electron chi connectivity index (χ3n) is 4.25. The van der Waals surface area contributed by atoms with Gasteiger partial charge in [0.2, 0.25) is 0 Å². The van der Waals surface area contributed by atoms with Crippen LogP contribution in [-0.2, 0) is 11.2 Å². The van der Waals surface area contributed by atoms with Crippen LogP contribution in [0.15, 0.2) is 48.5 Å².